The molecule has 12 atom stereocenters. The molecule has 200 valence electrons. The zero-order valence-electron chi connectivity index (χ0n) is 22.7. The van der Waals surface area contributed by atoms with E-state index < -0.39 is 0 Å². The average molecular weight is 499 g/mol. The molecule has 1 saturated heterocycles. The molecule has 6 heteroatoms. The molecule has 36 heavy (non-hydrogen) atoms. The largest absolute Gasteiger partial charge is 0.463 e. The van der Waals surface area contributed by atoms with Crippen molar-refractivity contribution in [3.63, 3.8) is 0 Å². The lowest BCUT2D eigenvalue weighted by Crippen LogP contribution is -2.49. The molecule has 5 fully saturated rings. The van der Waals surface area contributed by atoms with Gasteiger partial charge in [-0.3, -0.25) is 9.59 Å². The SMILES string of the molecule is CC(=O)O[C@@H]1CC[C@@H]2[C@H](CC[C@H]3[C@H]4C[C@H](OC(C)=O)[C@H]([C@H](C)[C@H]5CC[C@@H](C)CN5C#N)[C@@H]4CC[C@@H]32)C1. The highest BCUT2D eigenvalue weighted by molar-refractivity contribution is 5.66. The molecule has 4 saturated carbocycles. The zero-order valence-corrected chi connectivity index (χ0v) is 22.7. The van der Waals surface area contributed by atoms with E-state index in [1.165, 1.54) is 45.4 Å². The van der Waals surface area contributed by atoms with Crippen LogP contribution in [0.5, 0.6) is 0 Å². The van der Waals surface area contributed by atoms with E-state index in [0.717, 1.165) is 50.0 Å². The van der Waals surface area contributed by atoms with Crippen molar-refractivity contribution in [3.05, 3.63) is 0 Å². The molecule has 5 aliphatic rings. The van der Waals surface area contributed by atoms with Gasteiger partial charge in [0, 0.05) is 32.4 Å². The minimum atomic E-state index is -0.158. The number of likely N-dealkylation sites (tertiary alicyclic amines) is 1. The van der Waals surface area contributed by atoms with Gasteiger partial charge >= 0.3 is 11.9 Å². The highest BCUT2D eigenvalue weighted by atomic mass is 16.5. The summed E-state index contributed by atoms with van der Waals surface area (Å²) in [5, 5.41) is 9.91. The molecule has 4 aliphatic carbocycles. The number of nitriles is 1. The Labute approximate surface area is 217 Å². The van der Waals surface area contributed by atoms with Crippen molar-refractivity contribution >= 4 is 11.9 Å². The number of carbonyl (C=O) groups excluding carboxylic acids is 2. The van der Waals surface area contributed by atoms with Gasteiger partial charge in [0.25, 0.3) is 0 Å². The van der Waals surface area contributed by atoms with Crippen LogP contribution in [0, 0.1) is 64.7 Å². The average Bonchev–Trinajstić information content (AvgIpc) is 3.20. The van der Waals surface area contributed by atoms with Gasteiger partial charge in [-0.2, -0.15) is 5.26 Å². The van der Waals surface area contributed by atoms with E-state index in [1.807, 2.05) is 4.90 Å². The Bertz CT molecular complexity index is 870. The van der Waals surface area contributed by atoms with Crippen molar-refractivity contribution in [3.8, 4) is 6.19 Å². The Morgan fingerprint density at radius 1 is 0.833 bits per heavy atom. The summed E-state index contributed by atoms with van der Waals surface area (Å²) < 4.78 is 11.7. The molecule has 0 spiro atoms. The molecule has 0 radical (unpaired) electrons. The minimum Gasteiger partial charge on any atom is -0.463 e. The fraction of sp³-hybridized carbons (Fsp3) is 0.900. The number of fused-ring (bicyclic) bond motifs is 5. The first-order valence-corrected chi connectivity index (χ1v) is 14.8. The summed E-state index contributed by atoms with van der Waals surface area (Å²) in [6.45, 7) is 8.53. The van der Waals surface area contributed by atoms with Gasteiger partial charge in [0.2, 0.25) is 0 Å². The summed E-state index contributed by atoms with van der Waals surface area (Å²) in [5.41, 5.74) is 0. The first-order chi connectivity index (χ1) is 17.3. The van der Waals surface area contributed by atoms with Crippen LogP contribution < -0.4 is 0 Å². The summed E-state index contributed by atoms with van der Waals surface area (Å²) in [5.74, 6) is 5.14. The van der Waals surface area contributed by atoms with Crippen LogP contribution in [0.2, 0.25) is 0 Å². The number of hydrogen-bond donors (Lipinski definition) is 0. The Morgan fingerprint density at radius 2 is 1.50 bits per heavy atom. The smallest absolute Gasteiger partial charge is 0.302 e. The van der Waals surface area contributed by atoms with Gasteiger partial charge in [0.15, 0.2) is 6.19 Å². The zero-order chi connectivity index (χ0) is 25.6. The first-order valence-electron chi connectivity index (χ1n) is 14.8. The van der Waals surface area contributed by atoms with Crippen molar-refractivity contribution in [1.29, 1.82) is 5.26 Å². The third kappa shape index (κ3) is 4.88. The Balaban J connectivity index is 1.33. The van der Waals surface area contributed by atoms with Crippen LogP contribution >= 0.6 is 0 Å². The maximum Gasteiger partial charge on any atom is 0.302 e. The van der Waals surface area contributed by atoms with E-state index in [4.69, 9.17) is 9.47 Å². The lowest BCUT2D eigenvalue weighted by Gasteiger charge is -2.53. The second-order valence-corrected chi connectivity index (χ2v) is 13.1. The topological polar surface area (TPSA) is 79.6 Å². The third-order valence-corrected chi connectivity index (χ3v) is 11.2. The summed E-state index contributed by atoms with van der Waals surface area (Å²) in [6, 6.07) is 0.262. The fourth-order valence-corrected chi connectivity index (χ4v) is 9.98. The van der Waals surface area contributed by atoms with Crippen LogP contribution in [0.1, 0.15) is 91.9 Å². The van der Waals surface area contributed by atoms with Crippen molar-refractivity contribution in [2.24, 2.45) is 53.3 Å². The number of hydrogen-bond acceptors (Lipinski definition) is 6. The van der Waals surface area contributed by atoms with Crippen LogP contribution in [0.15, 0.2) is 0 Å². The normalized spacial score (nSPS) is 44.9. The summed E-state index contributed by atoms with van der Waals surface area (Å²) in [7, 11) is 0. The molecular weight excluding hydrogens is 452 g/mol. The summed E-state index contributed by atoms with van der Waals surface area (Å²) in [4.78, 5) is 25.7. The molecule has 0 bridgehead atoms. The van der Waals surface area contributed by atoms with Gasteiger partial charge < -0.3 is 14.4 Å². The van der Waals surface area contributed by atoms with E-state index >= 15 is 0 Å². The summed E-state index contributed by atoms with van der Waals surface area (Å²) >= 11 is 0. The van der Waals surface area contributed by atoms with Crippen LogP contribution in [-0.2, 0) is 19.1 Å². The van der Waals surface area contributed by atoms with Crippen LogP contribution in [0.3, 0.4) is 0 Å². The van der Waals surface area contributed by atoms with Crippen molar-refractivity contribution in [2.45, 2.75) is 110 Å². The van der Waals surface area contributed by atoms with E-state index in [-0.39, 0.29) is 30.2 Å². The maximum atomic E-state index is 12.2. The van der Waals surface area contributed by atoms with Gasteiger partial charge in [-0.25, -0.2) is 0 Å². The fourth-order valence-electron chi connectivity index (χ4n) is 9.98. The maximum absolute atomic E-state index is 12.2. The van der Waals surface area contributed by atoms with Gasteiger partial charge in [-0.05, 0) is 112 Å². The van der Waals surface area contributed by atoms with Gasteiger partial charge in [0.05, 0.1) is 0 Å². The monoisotopic (exact) mass is 498 g/mol. The molecule has 0 unspecified atom stereocenters. The molecule has 5 rings (SSSR count). The number of ether oxygens (including phenoxy) is 2. The Hall–Kier alpha value is -1.77. The number of rotatable bonds is 4. The second kappa shape index (κ2) is 10.5. The predicted octanol–water partition coefficient (Wildman–Crippen LogP) is 5.56. The number of nitrogens with zero attached hydrogens (tertiary/aromatic N) is 2. The molecule has 1 heterocycles. The van der Waals surface area contributed by atoms with Crippen LogP contribution in [0.25, 0.3) is 0 Å². The predicted molar refractivity (Wildman–Crippen MR) is 136 cm³/mol. The first kappa shape index (κ1) is 25.9. The number of esters is 2. The van der Waals surface area contributed by atoms with Gasteiger partial charge in [-0.15, -0.1) is 0 Å². The van der Waals surface area contributed by atoms with Crippen molar-refractivity contribution in [1.82, 2.24) is 4.90 Å². The molecule has 6 nitrogen and oxygen atoms in total. The van der Waals surface area contributed by atoms with Gasteiger partial charge in [-0.1, -0.05) is 13.8 Å². The number of carbonyl (C=O) groups is 2. The molecule has 1 aliphatic heterocycles. The van der Waals surface area contributed by atoms with Crippen molar-refractivity contribution in [2.75, 3.05) is 6.54 Å². The summed E-state index contributed by atoms with van der Waals surface area (Å²) in [6.07, 6.45) is 14.1. The van der Waals surface area contributed by atoms with Crippen molar-refractivity contribution < 1.29 is 19.1 Å². The third-order valence-electron chi connectivity index (χ3n) is 11.2. The lowest BCUT2D eigenvalue weighted by molar-refractivity contribution is -0.152. The quantitative estimate of drug-likeness (QED) is 0.373. The minimum absolute atomic E-state index is 0.0106. The second-order valence-electron chi connectivity index (χ2n) is 13.1. The standard InChI is InChI=1S/C30H46N2O4/c1-17-5-12-28(32(15-17)16-31)18(2)30-26-11-10-24-23-9-7-22(35-19(3)33)13-21(23)6-8-25(24)27(26)14-29(30)36-20(4)34/h17-18,21-30H,5-15H2,1-4H3/t17-,18-,21-,22-,23-,24-,25-,26-,27-,28-,29+,30-/m1/s1. The number of piperidine rings is 1. The highest BCUT2D eigenvalue weighted by Gasteiger charge is 2.57. The van der Waals surface area contributed by atoms with E-state index in [1.54, 1.807) is 6.92 Å². The molecule has 0 amide bonds. The molecule has 0 aromatic rings. The van der Waals surface area contributed by atoms with Gasteiger partial charge in [0.1, 0.15) is 12.2 Å². The Kier molecular flexibility index (Phi) is 7.57. The van der Waals surface area contributed by atoms with Crippen LogP contribution in [0.4, 0.5) is 0 Å². The van der Waals surface area contributed by atoms with Crippen LogP contribution in [-0.4, -0.2) is 41.6 Å². The van der Waals surface area contributed by atoms with E-state index in [9.17, 15) is 14.9 Å². The van der Waals surface area contributed by atoms with E-state index in [0.29, 0.717) is 35.5 Å². The molecule has 0 aromatic heterocycles. The lowest BCUT2D eigenvalue weighted by atomic mass is 9.53. The van der Waals surface area contributed by atoms with E-state index in [2.05, 4.69) is 20.0 Å². The Morgan fingerprint density at radius 3 is 2.22 bits per heavy atom. The molecule has 0 aromatic carbocycles. The molecular formula is C30H46N2O4. The molecule has 0 N–H and O–H groups in total. The highest BCUT2D eigenvalue weighted by Crippen LogP contribution is 2.61.